The van der Waals surface area contributed by atoms with Gasteiger partial charge in [-0.15, -0.1) is 0 Å². The zero-order valence-corrected chi connectivity index (χ0v) is 5.97. The van der Waals surface area contributed by atoms with E-state index in [4.69, 9.17) is 4.74 Å². The monoisotopic (exact) mass is 126 g/mol. The summed E-state index contributed by atoms with van der Waals surface area (Å²) in [7, 11) is 1.82. The molecule has 1 heteroatoms. The molecule has 9 heavy (non-hydrogen) atoms. The summed E-state index contributed by atoms with van der Waals surface area (Å²) >= 11 is 0. The third-order valence-electron chi connectivity index (χ3n) is 2.87. The average Bonchev–Trinajstić information content (AvgIpc) is 2.54. The summed E-state index contributed by atoms with van der Waals surface area (Å²) in [5, 5.41) is 0. The maximum absolute atomic E-state index is 5.12. The second-order valence-electron chi connectivity index (χ2n) is 3.45. The smallest absolute Gasteiger partial charge is 0.0493 e. The first kappa shape index (κ1) is 5.72. The van der Waals surface area contributed by atoms with Crippen LogP contribution in [0.4, 0.5) is 0 Å². The summed E-state index contributed by atoms with van der Waals surface area (Å²) < 4.78 is 5.12. The van der Waals surface area contributed by atoms with Crippen LogP contribution in [0.2, 0.25) is 0 Å². The van der Waals surface area contributed by atoms with Crippen molar-refractivity contribution in [1.29, 1.82) is 0 Å². The summed E-state index contributed by atoms with van der Waals surface area (Å²) in [6, 6.07) is 0. The van der Waals surface area contributed by atoms with E-state index in [1.807, 2.05) is 7.11 Å². The summed E-state index contributed by atoms with van der Waals surface area (Å²) in [4.78, 5) is 0. The number of hydrogen-bond acceptors (Lipinski definition) is 1. The lowest BCUT2D eigenvalue weighted by atomic mass is 10.1. The second kappa shape index (κ2) is 1.98. The molecule has 3 atom stereocenters. The van der Waals surface area contributed by atoms with Gasteiger partial charge < -0.3 is 4.74 Å². The Balaban J connectivity index is 1.84. The van der Waals surface area contributed by atoms with Crippen LogP contribution in [0.25, 0.3) is 0 Å². The summed E-state index contributed by atoms with van der Waals surface area (Å²) in [6.45, 7) is 1.02. The van der Waals surface area contributed by atoms with E-state index in [0.29, 0.717) is 0 Å². The molecular weight excluding hydrogens is 112 g/mol. The molecule has 2 aliphatic rings. The predicted octanol–water partition coefficient (Wildman–Crippen LogP) is 1.68. The Morgan fingerprint density at radius 3 is 2.78 bits per heavy atom. The van der Waals surface area contributed by atoms with Gasteiger partial charge in [0.25, 0.3) is 0 Å². The van der Waals surface area contributed by atoms with Crippen LogP contribution in [-0.2, 0) is 4.74 Å². The second-order valence-corrected chi connectivity index (χ2v) is 3.45. The lowest BCUT2D eigenvalue weighted by Crippen LogP contribution is -2.06. The minimum Gasteiger partial charge on any atom is -0.384 e. The van der Waals surface area contributed by atoms with Crippen molar-refractivity contribution < 1.29 is 4.74 Å². The lowest BCUT2D eigenvalue weighted by Gasteiger charge is -2.08. The van der Waals surface area contributed by atoms with Crippen molar-refractivity contribution in [3.63, 3.8) is 0 Å². The molecule has 52 valence electrons. The Labute approximate surface area is 56.4 Å². The van der Waals surface area contributed by atoms with Crippen LogP contribution in [0.3, 0.4) is 0 Å². The van der Waals surface area contributed by atoms with Gasteiger partial charge in [-0.3, -0.25) is 0 Å². The van der Waals surface area contributed by atoms with Gasteiger partial charge in [0.05, 0.1) is 0 Å². The molecule has 0 aromatic rings. The number of hydrogen-bond donors (Lipinski definition) is 0. The van der Waals surface area contributed by atoms with Crippen molar-refractivity contribution in [3.8, 4) is 0 Å². The third-order valence-corrected chi connectivity index (χ3v) is 2.87. The van der Waals surface area contributed by atoms with Crippen molar-refractivity contribution in [2.24, 2.45) is 17.8 Å². The van der Waals surface area contributed by atoms with Crippen molar-refractivity contribution in [3.05, 3.63) is 0 Å². The van der Waals surface area contributed by atoms with Crippen LogP contribution in [-0.4, -0.2) is 13.7 Å². The van der Waals surface area contributed by atoms with Gasteiger partial charge in [0, 0.05) is 13.7 Å². The number of fused-ring (bicyclic) bond motifs is 1. The van der Waals surface area contributed by atoms with Gasteiger partial charge in [-0.2, -0.15) is 0 Å². The SMILES string of the molecule is COCC1CCC2CC12. The van der Waals surface area contributed by atoms with Gasteiger partial charge in [-0.25, -0.2) is 0 Å². The molecule has 3 unspecified atom stereocenters. The zero-order valence-electron chi connectivity index (χ0n) is 5.97. The number of rotatable bonds is 2. The summed E-state index contributed by atoms with van der Waals surface area (Å²) in [6.07, 6.45) is 4.43. The van der Waals surface area contributed by atoms with Crippen molar-refractivity contribution >= 4 is 0 Å². The Morgan fingerprint density at radius 2 is 2.33 bits per heavy atom. The van der Waals surface area contributed by atoms with E-state index in [2.05, 4.69) is 0 Å². The number of ether oxygens (including phenoxy) is 1. The molecule has 0 saturated heterocycles. The van der Waals surface area contributed by atoms with E-state index in [1.165, 1.54) is 19.3 Å². The molecule has 0 aromatic carbocycles. The maximum Gasteiger partial charge on any atom is 0.0493 e. The van der Waals surface area contributed by atoms with Gasteiger partial charge >= 0.3 is 0 Å². The highest BCUT2D eigenvalue weighted by Gasteiger charge is 2.47. The van der Waals surface area contributed by atoms with Crippen LogP contribution in [0.1, 0.15) is 19.3 Å². The number of methoxy groups -OCH3 is 1. The first-order valence-electron chi connectivity index (χ1n) is 3.90. The van der Waals surface area contributed by atoms with Gasteiger partial charge in [-0.1, -0.05) is 0 Å². The van der Waals surface area contributed by atoms with E-state index >= 15 is 0 Å². The fourth-order valence-electron chi connectivity index (χ4n) is 2.24. The largest absolute Gasteiger partial charge is 0.384 e. The van der Waals surface area contributed by atoms with Crippen molar-refractivity contribution in [1.82, 2.24) is 0 Å². The van der Waals surface area contributed by atoms with Crippen LogP contribution in [0, 0.1) is 17.8 Å². The first-order chi connectivity index (χ1) is 4.42. The van der Waals surface area contributed by atoms with Crippen molar-refractivity contribution in [2.45, 2.75) is 19.3 Å². The Bertz CT molecular complexity index is 111. The van der Waals surface area contributed by atoms with E-state index in [0.717, 1.165) is 24.4 Å². The van der Waals surface area contributed by atoms with Gasteiger partial charge in [-0.05, 0) is 37.0 Å². The molecule has 0 bridgehead atoms. The average molecular weight is 126 g/mol. The fraction of sp³-hybridized carbons (Fsp3) is 1.00. The van der Waals surface area contributed by atoms with Crippen LogP contribution >= 0.6 is 0 Å². The quantitative estimate of drug-likeness (QED) is 0.547. The highest BCUT2D eigenvalue weighted by atomic mass is 16.5. The maximum atomic E-state index is 5.12. The highest BCUT2D eigenvalue weighted by molar-refractivity contribution is 4.97. The van der Waals surface area contributed by atoms with Gasteiger partial charge in [0.15, 0.2) is 0 Å². The van der Waals surface area contributed by atoms with Crippen LogP contribution in [0.15, 0.2) is 0 Å². The molecule has 1 nitrogen and oxygen atoms in total. The Morgan fingerprint density at radius 1 is 1.44 bits per heavy atom. The van der Waals surface area contributed by atoms with Gasteiger partial charge in [0.2, 0.25) is 0 Å². The van der Waals surface area contributed by atoms with E-state index in [9.17, 15) is 0 Å². The fourth-order valence-corrected chi connectivity index (χ4v) is 2.24. The van der Waals surface area contributed by atoms with Crippen molar-refractivity contribution in [2.75, 3.05) is 13.7 Å². The Kier molecular flexibility index (Phi) is 1.26. The topological polar surface area (TPSA) is 9.23 Å². The standard InChI is InChI=1S/C8H14O/c1-9-5-7-3-2-6-4-8(6)7/h6-8H,2-5H2,1H3. The molecule has 0 spiro atoms. The zero-order chi connectivity index (χ0) is 6.27. The summed E-state index contributed by atoms with van der Waals surface area (Å²) in [5.41, 5.74) is 0. The van der Waals surface area contributed by atoms with E-state index < -0.39 is 0 Å². The lowest BCUT2D eigenvalue weighted by molar-refractivity contribution is 0.145. The minimum atomic E-state index is 0.931. The first-order valence-corrected chi connectivity index (χ1v) is 3.90. The minimum absolute atomic E-state index is 0.931. The Hall–Kier alpha value is -0.0400. The molecule has 0 heterocycles. The molecular formula is C8H14O. The predicted molar refractivity (Wildman–Crippen MR) is 36.2 cm³/mol. The molecule has 2 fully saturated rings. The molecule has 2 aliphatic carbocycles. The van der Waals surface area contributed by atoms with E-state index in [-0.39, 0.29) is 0 Å². The molecule has 0 radical (unpaired) electrons. The van der Waals surface area contributed by atoms with Crippen LogP contribution < -0.4 is 0 Å². The molecule has 2 rings (SSSR count). The van der Waals surface area contributed by atoms with Gasteiger partial charge in [0.1, 0.15) is 0 Å². The molecule has 0 amide bonds. The molecule has 0 aromatic heterocycles. The van der Waals surface area contributed by atoms with Crippen LogP contribution in [0.5, 0.6) is 0 Å². The summed E-state index contributed by atoms with van der Waals surface area (Å²) in [5.74, 6) is 3.12. The molecule has 0 aliphatic heterocycles. The third kappa shape index (κ3) is 0.877. The normalized spacial score (nSPS) is 47.0. The molecule has 2 saturated carbocycles. The molecule has 0 N–H and O–H groups in total. The highest BCUT2D eigenvalue weighted by Crippen LogP contribution is 2.55. The van der Waals surface area contributed by atoms with E-state index in [1.54, 1.807) is 0 Å².